The average Bonchev–Trinajstić information content (AvgIpc) is 2.17. The molecule has 0 aliphatic carbocycles. The molecule has 0 spiro atoms. The van der Waals surface area contributed by atoms with Crippen LogP contribution in [0.4, 0.5) is 4.39 Å². The number of nitrogens with zero attached hydrogens (tertiary/aromatic N) is 1. The standard InChI is InChI=1S/C13H20FN3O/c1-13(2,18)8-17(3)7-10-5-4-9(12(15)16)6-11(10)14/h4-6,18H,7-8H2,1-3H3,(H3,15,16). The van der Waals surface area contributed by atoms with Gasteiger partial charge >= 0.3 is 0 Å². The summed E-state index contributed by atoms with van der Waals surface area (Å²) in [6, 6.07) is 4.50. The second kappa shape index (κ2) is 5.46. The second-order valence-corrected chi connectivity index (χ2v) is 5.20. The van der Waals surface area contributed by atoms with Crippen molar-refractivity contribution >= 4 is 5.84 Å². The molecule has 1 aromatic carbocycles. The van der Waals surface area contributed by atoms with Crippen LogP contribution in [0, 0.1) is 11.2 Å². The van der Waals surface area contributed by atoms with Crippen molar-refractivity contribution in [3.8, 4) is 0 Å². The van der Waals surface area contributed by atoms with E-state index in [1.807, 2.05) is 11.9 Å². The van der Waals surface area contributed by atoms with E-state index >= 15 is 0 Å². The van der Waals surface area contributed by atoms with Gasteiger partial charge in [0.25, 0.3) is 0 Å². The molecule has 1 aromatic rings. The third-order valence-corrected chi connectivity index (χ3v) is 2.46. The molecule has 0 fully saturated rings. The normalized spacial score (nSPS) is 11.9. The molecule has 0 aliphatic rings. The van der Waals surface area contributed by atoms with Crippen molar-refractivity contribution in [1.82, 2.24) is 4.90 Å². The fourth-order valence-electron chi connectivity index (χ4n) is 1.85. The van der Waals surface area contributed by atoms with Crippen LogP contribution in [0.25, 0.3) is 0 Å². The lowest BCUT2D eigenvalue weighted by molar-refractivity contribution is 0.0422. The largest absolute Gasteiger partial charge is 0.389 e. The number of benzene rings is 1. The fourth-order valence-corrected chi connectivity index (χ4v) is 1.85. The number of amidine groups is 1. The number of nitrogens with one attached hydrogen (secondary N) is 1. The van der Waals surface area contributed by atoms with Gasteiger partial charge in [0.2, 0.25) is 0 Å². The molecule has 100 valence electrons. The molecule has 0 amide bonds. The lowest BCUT2D eigenvalue weighted by Gasteiger charge is -2.25. The minimum absolute atomic E-state index is 0.148. The Morgan fingerprint density at radius 3 is 2.56 bits per heavy atom. The van der Waals surface area contributed by atoms with Crippen LogP contribution in [0.5, 0.6) is 0 Å². The zero-order valence-corrected chi connectivity index (χ0v) is 11.0. The maximum Gasteiger partial charge on any atom is 0.128 e. The van der Waals surface area contributed by atoms with Gasteiger partial charge < -0.3 is 10.8 Å². The van der Waals surface area contributed by atoms with Gasteiger partial charge in [0, 0.05) is 24.2 Å². The number of halogens is 1. The van der Waals surface area contributed by atoms with Crippen LogP contribution in [0.15, 0.2) is 18.2 Å². The molecule has 5 heteroatoms. The molecule has 0 saturated heterocycles. The maximum absolute atomic E-state index is 13.8. The first-order chi connectivity index (χ1) is 8.19. The summed E-state index contributed by atoms with van der Waals surface area (Å²) >= 11 is 0. The SMILES string of the molecule is CN(Cc1ccc(C(=N)N)cc1F)CC(C)(C)O. The summed E-state index contributed by atoms with van der Waals surface area (Å²) in [5.41, 5.74) is 5.37. The Morgan fingerprint density at radius 1 is 1.50 bits per heavy atom. The smallest absolute Gasteiger partial charge is 0.128 e. The van der Waals surface area contributed by atoms with E-state index < -0.39 is 5.60 Å². The molecule has 0 heterocycles. The Hall–Kier alpha value is -1.46. The molecule has 4 N–H and O–H groups in total. The number of rotatable bonds is 5. The predicted molar refractivity (Wildman–Crippen MR) is 70.0 cm³/mol. The van der Waals surface area contributed by atoms with Crippen molar-refractivity contribution in [1.29, 1.82) is 5.41 Å². The fraction of sp³-hybridized carbons (Fsp3) is 0.462. The van der Waals surface area contributed by atoms with E-state index in [0.29, 0.717) is 24.2 Å². The van der Waals surface area contributed by atoms with Gasteiger partial charge in [0.1, 0.15) is 11.7 Å². The summed E-state index contributed by atoms with van der Waals surface area (Å²) in [5, 5.41) is 16.9. The van der Waals surface area contributed by atoms with Crippen molar-refractivity contribution in [2.24, 2.45) is 5.73 Å². The zero-order chi connectivity index (χ0) is 13.9. The summed E-state index contributed by atoms with van der Waals surface area (Å²) in [5.74, 6) is -0.532. The van der Waals surface area contributed by atoms with E-state index in [2.05, 4.69) is 0 Å². The summed E-state index contributed by atoms with van der Waals surface area (Å²) in [6.07, 6.45) is 0. The molecular formula is C13H20FN3O. The predicted octanol–water partition coefficient (Wildman–Crippen LogP) is 1.31. The minimum Gasteiger partial charge on any atom is -0.389 e. The molecule has 4 nitrogen and oxygen atoms in total. The zero-order valence-electron chi connectivity index (χ0n) is 11.0. The highest BCUT2D eigenvalue weighted by Crippen LogP contribution is 2.13. The molecule has 18 heavy (non-hydrogen) atoms. The topological polar surface area (TPSA) is 73.3 Å². The first-order valence-electron chi connectivity index (χ1n) is 5.73. The van der Waals surface area contributed by atoms with Crippen molar-refractivity contribution in [2.45, 2.75) is 26.0 Å². The maximum atomic E-state index is 13.8. The average molecular weight is 253 g/mol. The lowest BCUT2D eigenvalue weighted by atomic mass is 10.1. The van der Waals surface area contributed by atoms with Crippen LogP contribution >= 0.6 is 0 Å². The summed E-state index contributed by atoms with van der Waals surface area (Å²) in [6.45, 7) is 4.26. The Labute approximate surface area is 107 Å². The van der Waals surface area contributed by atoms with E-state index in [-0.39, 0.29) is 11.7 Å². The highest BCUT2D eigenvalue weighted by Gasteiger charge is 2.16. The number of aliphatic hydroxyl groups is 1. The highest BCUT2D eigenvalue weighted by atomic mass is 19.1. The number of hydrogen-bond acceptors (Lipinski definition) is 3. The molecule has 0 unspecified atom stereocenters. The van der Waals surface area contributed by atoms with E-state index in [1.165, 1.54) is 6.07 Å². The molecule has 0 aliphatic heterocycles. The quantitative estimate of drug-likeness (QED) is 0.547. The second-order valence-electron chi connectivity index (χ2n) is 5.20. The van der Waals surface area contributed by atoms with Crippen LogP contribution in [0.2, 0.25) is 0 Å². The van der Waals surface area contributed by atoms with Gasteiger partial charge in [-0.05, 0) is 27.0 Å². The number of nitrogen functional groups attached to an aromatic ring is 1. The van der Waals surface area contributed by atoms with Crippen LogP contribution in [-0.4, -0.2) is 35.0 Å². The van der Waals surface area contributed by atoms with Crippen LogP contribution in [-0.2, 0) is 6.54 Å². The first-order valence-corrected chi connectivity index (χ1v) is 5.73. The third kappa shape index (κ3) is 4.43. The van der Waals surface area contributed by atoms with E-state index in [0.717, 1.165) is 0 Å². The Morgan fingerprint density at radius 2 is 2.11 bits per heavy atom. The molecule has 0 radical (unpaired) electrons. The molecule has 0 aromatic heterocycles. The molecule has 1 rings (SSSR count). The Kier molecular flexibility index (Phi) is 4.43. The molecular weight excluding hydrogens is 233 g/mol. The number of likely N-dealkylation sites (N-methyl/N-ethyl adjacent to an activating group) is 1. The summed E-state index contributed by atoms with van der Waals surface area (Å²) in [4.78, 5) is 1.84. The summed E-state index contributed by atoms with van der Waals surface area (Å²) in [7, 11) is 1.82. The van der Waals surface area contributed by atoms with Crippen LogP contribution in [0.3, 0.4) is 0 Å². The van der Waals surface area contributed by atoms with Crippen molar-refractivity contribution in [2.75, 3.05) is 13.6 Å². The third-order valence-electron chi connectivity index (χ3n) is 2.46. The minimum atomic E-state index is -0.815. The van der Waals surface area contributed by atoms with Gasteiger partial charge in [-0.15, -0.1) is 0 Å². The number of nitrogens with two attached hydrogens (primary N) is 1. The molecule has 0 bridgehead atoms. The van der Waals surface area contributed by atoms with Gasteiger partial charge in [0.05, 0.1) is 5.60 Å². The van der Waals surface area contributed by atoms with E-state index in [9.17, 15) is 9.50 Å². The van der Waals surface area contributed by atoms with Gasteiger partial charge in [-0.3, -0.25) is 10.3 Å². The van der Waals surface area contributed by atoms with Gasteiger partial charge in [-0.1, -0.05) is 12.1 Å². The van der Waals surface area contributed by atoms with E-state index in [1.54, 1.807) is 26.0 Å². The molecule has 0 atom stereocenters. The van der Waals surface area contributed by atoms with Crippen molar-refractivity contribution in [3.63, 3.8) is 0 Å². The van der Waals surface area contributed by atoms with Crippen molar-refractivity contribution in [3.05, 3.63) is 35.1 Å². The highest BCUT2D eigenvalue weighted by molar-refractivity contribution is 5.94. The van der Waals surface area contributed by atoms with E-state index in [4.69, 9.17) is 11.1 Å². The van der Waals surface area contributed by atoms with Gasteiger partial charge in [-0.2, -0.15) is 0 Å². The lowest BCUT2D eigenvalue weighted by Crippen LogP contribution is -2.36. The Balaban J connectivity index is 2.77. The first kappa shape index (κ1) is 14.6. The summed E-state index contributed by atoms with van der Waals surface area (Å²) < 4.78 is 13.8. The number of hydrogen-bond donors (Lipinski definition) is 3. The van der Waals surface area contributed by atoms with Crippen LogP contribution in [0.1, 0.15) is 25.0 Å². The van der Waals surface area contributed by atoms with Gasteiger partial charge in [-0.25, -0.2) is 4.39 Å². The Bertz CT molecular complexity index is 440. The van der Waals surface area contributed by atoms with Crippen LogP contribution < -0.4 is 5.73 Å². The van der Waals surface area contributed by atoms with Gasteiger partial charge in [0.15, 0.2) is 0 Å². The molecule has 0 saturated carbocycles. The van der Waals surface area contributed by atoms with Crippen molar-refractivity contribution < 1.29 is 9.50 Å². The monoisotopic (exact) mass is 253 g/mol.